The van der Waals surface area contributed by atoms with Crippen molar-refractivity contribution in [2.45, 2.75) is 19.1 Å². The van der Waals surface area contributed by atoms with E-state index in [0.717, 1.165) is 0 Å². The normalized spacial score (nSPS) is 13.2. The van der Waals surface area contributed by atoms with E-state index >= 15 is 0 Å². The molecule has 1 heterocycles. The molecule has 94 valence electrons. The topological polar surface area (TPSA) is 88.0 Å². The predicted molar refractivity (Wildman–Crippen MR) is 54.3 cm³/mol. The molecule has 0 saturated carbocycles. The second-order valence-corrected chi connectivity index (χ2v) is 3.41. The van der Waals surface area contributed by atoms with Gasteiger partial charge < -0.3 is 16.0 Å². The molecule has 17 heavy (non-hydrogen) atoms. The van der Waals surface area contributed by atoms with E-state index in [1.54, 1.807) is 0 Å². The lowest BCUT2D eigenvalue weighted by molar-refractivity contribution is -0.137. The highest BCUT2D eigenvalue weighted by molar-refractivity contribution is 5.94. The molecule has 0 aliphatic heterocycles. The molecule has 0 radical (unpaired) electrons. The summed E-state index contributed by atoms with van der Waals surface area (Å²) in [6, 6.07) is -0.372. The molecule has 1 aromatic rings. The highest BCUT2D eigenvalue weighted by Crippen LogP contribution is 2.29. The zero-order chi connectivity index (χ0) is 13.2. The van der Waals surface area contributed by atoms with Gasteiger partial charge in [-0.15, -0.1) is 0 Å². The van der Waals surface area contributed by atoms with Crippen molar-refractivity contribution in [3.8, 4) is 0 Å². The molecular formula is C9H10F3N3O2. The van der Waals surface area contributed by atoms with E-state index < -0.39 is 34.9 Å². The SMILES string of the molecule is C[C@@H](N)C(=O)Nc1cc(C(F)(F)F)c[nH]c1=O. The number of aromatic amines is 1. The molecule has 0 spiro atoms. The number of carbonyl (C=O) groups excluding carboxylic acids is 1. The van der Waals surface area contributed by atoms with Gasteiger partial charge in [0, 0.05) is 6.20 Å². The number of nitrogens with two attached hydrogens (primary N) is 1. The maximum Gasteiger partial charge on any atom is 0.417 e. The summed E-state index contributed by atoms with van der Waals surface area (Å²) >= 11 is 0. The summed E-state index contributed by atoms with van der Waals surface area (Å²) in [4.78, 5) is 24.2. The van der Waals surface area contributed by atoms with Gasteiger partial charge in [-0.3, -0.25) is 9.59 Å². The van der Waals surface area contributed by atoms with E-state index in [-0.39, 0.29) is 0 Å². The Kier molecular flexibility index (Phi) is 3.56. The third-order valence-electron chi connectivity index (χ3n) is 1.90. The largest absolute Gasteiger partial charge is 0.417 e. The number of H-pyrrole nitrogens is 1. The Hall–Kier alpha value is -1.83. The number of nitrogens with one attached hydrogen (secondary N) is 2. The van der Waals surface area contributed by atoms with E-state index in [4.69, 9.17) is 5.73 Å². The van der Waals surface area contributed by atoms with E-state index in [1.807, 2.05) is 10.3 Å². The van der Waals surface area contributed by atoms with Crippen LogP contribution >= 0.6 is 0 Å². The van der Waals surface area contributed by atoms with Crippen molar-refractivity contribution in [3.63, 3.8) is 0 Å². The average Bonchev–Trinajstić information content (AvgIpc) is 2.19. The van der Waals surface area contributed by atoms with Crippen LogP contribution in [0.15, 0.2) is 17.1 Å². The van der Waals surface area contributed by atoms with Crippen molar-refractivity contribution in [1.29, 1.82) is 0 Å². The molecule has 1 amide bonds. The second-order valence-electron chi connectivity index (χ2n) is 3.41. The van der Waals surface area contributed by atoms with Gasteiger partial charge in [-0.1, -0.05) is 0 Å². The van der Waals surface area contributed by atoms with Gasteiger partial charge >= 0.3 is 6.18 Å². The molecule has 8 heteroatoms. The monoisotopic (exact) mass is 249 g/mol. The third kappa shape index (κ3) is 3.31. The summed E-state index contributed by atoms with van der Waals surface area (Å²) in [5.74, 6) is -0.741. The lowest BCUT2D eigenvalue weighted by Crippen LogP contribution is -2.34. The minimum atomic E-state index is -4.60. The van der Waals surface area contributed by atoms with Crippen LogP contribution in [0.4, 0.5) is 18.9 Å². The Balaban J connectivity index is 3.08. The Morgan fingerprint density at radius 3 is 2.59 bits per heavy atom. The van der Waals surface area contributed by atoms with Crippen molar-refractivity contribution < 1.29 is 18.0 Å². The maximum atomic E-state index is 12.3. The summed E-state index contributed by atoms with van der Waals surface area (Å²) in [6.45, 7) is 1.34. The number of alkyl halides is 3. The number of anilines is 1. The summed E-state index contributed by atoms with van der Waals surface area (Å²) in [7, 11) is 0. The van der Waals surface area contributed by atoms with Gasteiger partial charge in [0.25, 0.3) is 5.56 Å². The molecule has 5 nitrogen and oxygen atoms in total. The molecule has 4 N–H and O–H groups in total. The summed E-state index contributed by atoms with van der Waals surface area (Å²) in [5.41, 5.74) is 2.84. The van der Waals surface area contributed by atoms with Crippen LogP contribution < -0.4 is 16.6 Å². The van der Waals surface area contributed by atoms with Gasteiger partial charge in [-0.05, 0) is 13.0 Å². The first-order valence-electron chi connectivity index (χ1n) is 4.58. The highest BCUT2D eigenvalue weighted by atomic mass is 19.4. The number of amides is 1. The quantitative estimate of drug-likeness (QED) is 0.720. The molecule has 0 fully saturated rings. The number of hydrogen-bond acceptors (Lipinski definition) is 3. The number of hydrogen-bond donors (Lipinski definition) is 3. The molecule has 0 bridgehead atoms. The summed E-state index contributed by atoms with van der Waals surface area (Å²) in [6.07, 6.45) is -4.07. The molecular weight excluding hydrogens is 239 g/mol. The number of aromatic nitrogens is 1. The van der Waals surface area contributed by atoms with Crippen molar-refractivity contribution in [2.24, 2.45) is 5.73 Å². The van der Waals surface area contributed by atoms with Crippen LogP contribution in [-0.4, -0.2) is 16.9 Å². The van der Waals surface area contributed by atoms with Gasteiger partial charge in [0.15, 0.2) is 0 Å². The van der Waals surface area contributed by atoms with E-state index in [2.05, 4.69) is 0 Å². The van der Waals surface area contributed by atoms with Gasteiger partial charge in [-0.25, -0.2) is 0 Å². The second kappa shape index (κ2) is 4.58. The smallest absolute Gasteiger partial charge is 0.327 e. The Morgan fingerprint density at radius 2 is 2.12 bits per heavy atom. The van der Waals surface area contributed by atoms with Crippen LogP contribution in [0.5, 0.6) is 0 Å². The number of carbonyl (C=O) groups is 1. The van der Waals surface area contributed by atoms with Crippen molar-refractivity contribution in [2.75, 3.05) is 5.32 Å². The van der Waals surface area contributed by atoms with Gasteiger partial charge in [0.05, 0.1) is 11.6 Å². The molecule has 0 aliphatic rings. The zero-order valence-corrected chi connectivity index (χ0v) is 8.76. The first-order valence-corrected chi connectivity index (χ1v) is 4.58. The number of halogens is 3. The minimum absolute atomic E-state index is 0.484. The molecule has 0 aromatic carbocycles. The first kappa shape index (κ1) is 13.2. The number of pyridine rings is 1. The van der Waals surface area contributed by atoms with E-state index in [1.165, 1.54) is 6.92 Å². The maximum absolute atomic E-state index is 12.3. The summed E-state index contributed by atoms with van der Waals surface area (Å²) in [5, 5.41) is 2.01. The van der Waals surface area contributed by atoms with Crippen LogP contribution in [-0.2, 0) is 11.0 Å². The molecule has 1 atom stereocenters. The Labute approximate surface area is 93.8 Å². The van der Waals surface area contributed by atoms with Gasteiger partial charge in [-0.2, -0.15) is 13.2 Å². The van der Waals surface area contributed by atoms with Gasteiger partial charge in [0.1, 0.15) is 5.69 Å². The van der Waals surface area contributed by atoms with Crippen molar-refractivity contribution in [1.82, 2.24) is 4.98 Å². The Bertz CT molecular complexity index is 479. The standard InChI is InChI=1S/C9H10F3N3O2/c1-4(13)7(16)15-6-2-5(9(10,11)12)3-14-8(6)17/h2-4H,13H2,1H3,(H,14,17)(H,15,16)/t4-/m1/s1. The Morgan fingerprint density at radius 1 is 1.53 bits per heavy atom. The van der Waals surface area contributed by atoms with Crippen molar-refractivity contribution >= 4 is 11.6 Å². The molecule has 0 unspecified atom stereocenters. The van der Waals surface area contributed by atoms with Crippen LogP contribution in [0.3, 0.4) is 0 Å². The molecule has 1 aromatic heterocycles. The average molecular weight is 249 g/mol. The molecule has 0 aliphatic carbocycles. The van der Waals surface area contributed by atoms with Crippen LogP contribution in [0, 0.1) is 0 Å². The fourth-order valence-corrected chi connectivity index (χ4v) is 0.987. The van der Waals surface area contributed by atoms with E-state index in [0.29, 0.717) is 12.3 Å². The van der Waals surface area contributed by atoms with Crippen molar-refractivity contribution in [3.05, 3.63) is 28.2 Å². The molecule has 0 saturated heterocycles. The van der Waals surface area contributed by atoms with Crippen LogP contribution in [0.1, 0.15) is 12.5 Å². The van der Waals surface area contributed by atoms with Gasteiger partial charge in [0.2, 0.25) is 5.91 Å². The van der Waals surface area contributed by atoms with Crippen LogP contribution in [0.2, 0.25) is 0 Å². The molecule has 1 rings (SSSR count). The van der Waals surface area contributed by atoms with Crippen LogP contribution in [0.25, 0.3) is 0 Å². The lowest BCUT2D eigenvalue weighted by atomic mass is 10.2. The zero-order valence-electron chi connectivity index (χ0n) is 8.76. The predicted octanol–water partition coefficient (Wildman–Crippen LogP) is 0.679. The fourth-order valence-electron chi connectivity index (χ4n) is 0.987. The minimum Gasteiger partial charge on any atom is -0.327 e. The lowest BCUT2D eigenvalue weighted by Gasteiger charge is -2.10. The number of rotatable bonds is 2. The first-order chi connectivity index (χ1) is 7.71. The third-order valence-corrected chi connectivity index (χ3v) is 1.90. The fraction of sp³-hybridized carbons (Fsp3) is 0.333. The summed E-state index contributed by atoms with van der Waals surface area (Å²) < 4.78 is 37.0. The highest BCUT2D eigenvalue weighted by Gasteiger charge is 2.31. The van der Waals surface area contributed by atoms with E-state index in [9.17, 15) is 22.8 Å².